The third-order valence-electron chi connectivity index (χ3n) is 3.31. The summed E-state index contributed by atoms with van der Waals surface area (Å²) >= 11 is 0. The smallest absolute Gasteiger partial charge is 0.220 e. The van der Waals surface area contributed by atoms with Crippen molar-refractivity contribution in [3.63, 3.8) is 0 Å². The van der Waals surface area contributed by atoms with Crippen LogP contribution < -0.4 is 5.32 Å². The highest BCUT2D eigenvalue weighted by Gasteiger charge is 2.09. The minimum Gasteiger partial charge on any atom is -0.394 e. The van der Waals surface area contributed by atoms with Crippen LogP contribution in [0.2, 0.25) is 0 Å². The molecule has 0 rings (SSSR count). The standard InChI is InChI=1S/C15H31NO3/c1-2-3-4-5-6-7-8-9-10-11-15(19)16-14(12-17)13-18/h14,17-18H,2-13H2,1H3,(H,16,19). The summed E-state index contributed by atoms with van der Waals surface area (Å²) in [6.07, 6.45) is 11.6. The summed E-state index contributed by atoms with van der Waals surface area (Å²) in [6, 6.07) is -0.508. The zero-order chi connectivity index (χ0) is 14.3. The molecular weight excluding hydrogens is 242 g/mol. The topological polar surface area (TPSA) is 69.6 Å². The van der Waals surface area contributed by atoms with Crippen molar-refractivity contribution in [1.29, 1.82) is 0 Å². The van der Waals surface area contributed by atoms with Crippen LogP contribution in [-0.2, 0) is 4.79 Å². The SMILES string of the molecule is CCCCCCCCCCCC(=O)NC(CO)CO. The first-order chi connectivity index (χ1) is 9.24. The lowest BCUT2D eigenvalue weighted by molar-refractivity contribution is -0.122. The van der Waals surface area contributed by atoms with E-state index in [1.165, 1.54) is 44.9 Å². The van der Waals surface area contributed by atoms with Crippen LogP contribution in [0.25, 0.3) is 0 Å². The van der Waals surface area contributed by atoms with Gasteiger partial charge in [0.05, 0.1) is 19.3 Å². The fraction of sp³-hybridized carbons (Fsp3) is 0.933. The van der Waals surface area contributed by atoms with Crippen LogP contribution in [0, 0.1) is 0 Å². The average molecular weight is 273 g/mol. The van der Waals surface area contributed by atoms with Crippen molar-refractivity contribution in [2.75, 3.05) is 13.2 Å². The van der Waals surface area contributed by atoms with E-state index in [1.54, 1.807) is 0 Å². The van der Waals surface area contributed by atoms with Gasteiger partial charge in [0.15, 0.2) is 0 Å². The molecule has 0 aromatic heterocycles. The number of hydrogen-bond acceptors (Lipinski definition) is 3. The maximum absolute atomic E-state index is 11.4. The summed E-state index contributed by atoms with van der Waals surface area (Å²) in [4.78, 5) is 11.4. The normalized spacial score (nSPS) is 10.9. The Balaban J connectivity index is 3.27. The van der Waals surface area contributed by atoms with Crippen molar-refractivity contribution in [2.24, 2.45) is 0 Å². The monoisotopic (exact) mass is 273 g/mol. The Morgan fingerprint density at radius 3 is 1.84 bits per heavy atom. The molecule has 19 heavy (non-hydrogen) atoms. The highest BCUT2D eigenvalue weighted by molar-refractivity contribution is 5.76. The predicted octanol–water partition coefficient (Wildman–Crippen LogP) is 2.38. The summed E-state index contributed by atoms with van der Waals surface area (Å²) in [5, 5.41) is 20.3. The van der Waals surface area contributed by atoms with Crippen molar-refractivity contribution in [3.05, 3.63) is 0 Å². The number of carbonyl (C=O) groups is 1. The Morgan fingerprint density at radius 2 is 1.37 bits per heavy atom. The van der Waals surface area contributed by atoms with Crippen molar-refractivity contribution in [2.45, 2.75) is 77.2 Å². The molecule has 0 aliphatic heterocycles. The number of nitrogens with one attached hydrogen (secondary N) is 1. The second kappa shape index (κ2) is 13.8. The third kappa shape index (κ3) is 12.2. The predicted molar refractivity (Wildman–Crippen MR) is 77.9 cm³/mol. The Labute approximate surface area is 117 Å². The molecule has 4 nitrogen and oxygen atoms in total. The van der Waals surface area contributed by atoms with Gasteiger partial charge in [0.2, 0.25) is 5.91 Å². The van der Waals surface area contributed by atoms with Crippen molar-refractivity contribution in [1.82, 2.24) is 5.32 Å². The van der Waals surface area contributed by atoms with Gasteiger partial charge in [-0.3, -0.25) is 4.79 Å². The highest BCUT2D eigenvalue weighted by Crippen LogP contribution is 2.10. The Morgan fingerprint density at radius 1 is 0.895 bits per heavy atom. The van der Waals surface area contributed by atoms with Gasteiger partial charge in [-0.2, -0.15) is 0 Å². The lowest BCUT2D eigenvalue weighted by Crippen LogP contribution is -2.39. The van der Waals surface area contributed by atoms with E-state index in [2.05, 4.69) is 12.2 Å². The van der Waals surface area contributed by atoms with Gasteiger partial charge >= 0.3 is 0 Å². The highest BCUT2D eigenvalue weighted by atomic mass is 16.3. The fourth-order valence-electron chi connectivity index (χ4n) is 2.05. The second-order valence-corrected chi connectivity index (χ2v) is 5.21. The molecule has 0 radical (unpaired) electrons. The number of amides is 1. The van der Waals surface area contributed by atoms with Crippen LogP contribution >= 0.6 is 0 Å². The van der Waals surface area contributed by atoms with Gasteiger partial charge in [0, 0.05) is 6.42 Å². The number of aliphatic hydroxyl groups excluding tert-OH is 2. The molecule has 114 valence electrons. The van der Waals surface area contributed by atoms with Crippen LogP contribution in [0.3, 0.4) is 0 Å². The van der Waals surface area contributed by atoms with E-state index in [0.29, 0.717) is 6.42 Å². The van der Waals surface area contributed by atoms with E-state index >= 15 is 0 Å². The third-order valence-corrected chi connectivity index (χ3v) is 3.31. The quantitative estimate of drug-likeness (QED) is 0.451. The van der Waals surface area contributed by atoms with Gasteiger partial charge in [-0.1, -0.05) is 58.3 Å². The summed E-state index contributed by atoms with van der Waals surface area (Å²) in [7, 11) is 0. The minimum absolute atomic E-state index is 0.0731. The zero-order valence-corrected chi connectivity index (χ0v) is 12.4. The molecule has 0 spiro atoms. The molecule has 0 unspecified atom stereocenters. The molecule has 3 N–H and O–H groups in total. The van der Waals surface area contributed by atoms with Crippen LogP contribution in [0.1, 0.15) is 71.1 Å². The van der Waals surface area contributed by atoms with Crippen molar-refractivity contribution in [3.8, 4) is 0 Å². The number of rotatable bonds is 13. The summed E-state index contributed by atoms with van der Waals surface area (Å²) in [5.41, 5.74) is 0. The zero-order valence-electron chi connectivity index (χ0n) is 12.4. The molecule has 0 saturated carbocycles. The number of carbonyl (C=O) groups excluding carboxylic acids is 1. The summed E-state index contributed by atoms with van der Waals surface area (Å²) in [5.74, 6) is -0.0731. The summed E-state index contributed by atoms with van der Waals surface area (Å²) in [6.45, 7) is 1.81. The molecule has 0 bridgehead atoms. The van der Waals surface area contributed by atoms with E-state index in [1.807, 2.05) is 0 Å². The van der Waals surface area contributed by atoms with Crippen LogP contribution in [-0.4, -0.2) is 35.4 Å². The first-order valence-electron chi connectivity index (χ1n) is 7.75. The van der Waals surface area contributed by atoms with E-state index in [0.717, 1.165) is 12.8 Å². The van der Waals surface area contributed by atoms with Gasteiger partial charge < -0.3 is 15.5 Å². The van der Waals surface area contributed by atoms with Gasteiger partial charge in [-0.15, -0.1) is 0 Å². The van der Waals surface area contributed by atoms with E-state index in [4.69, 9.17) is 10.2 Å². The maximum atomic E-state index is 11.4. The van der Waals surface area contributed by atoms with E-state index < -0.39 is 6.04 Å². The molecule has 0 saturated heterocycles. The molecule has 0 aliphatic rings. The van der Waals surface area contributed by atoms with Gasteiger partial charge in [-0.05, 0) is 6.42 Å². The fourth-order valence-corrected chi connectivity index (χ4v) is 2.05. The van der Waals surface area contributed by atoms with Crippen LogP contribution in [0.15, 0.2) is 0 Å². The molecule has 1 amide bonds. The Bertz CT molecular complexity index is 206. The molecule has 0 atom stereocenters. The van der Waals surface area contributed by atoms with Crippen LogP contribution in [0.5, 0.6) is 0 Å². The average Bonchev–Trinajstić information content (AvgIpc) is 2.43. The van der Waals surface area contributed by atoms with Crippen molar-refractivity contribution < 1.29 is 15.0 Å². The van der Waals surface area contributed by atoms with E-state index in [-0.39, 0.29) is 19.1 Å². The van der Waals surface area contributed by atoms with E-state index in [9.17, 15) is 4.79 Å². The van der Waals surface area contributed by atoms with Gasteiger partial charge in [0.25, 0.3) is 0 Å². The van der Waals surface area contributed by atoms with Gasteiger partial charge in [-0.25, -0.2) is 0 Å². The first-order valence-corrected chi connectivity index (χ1v) is 7.75. The first kappa shape index (κ1) is 18.4. The van der Waals surface area contributed by atoms with Crippen molar-refractivity contribution >= 4 is 5.91 Å². The van der Waals surface area contributed by atoms with Crippen LogP contribution in [0.4, 0.5) is 0 Å². The number of aliphatic hydroxyl groups is 2. The Kier molecular flexibility index (Phi) is 13.4. The summed E-state index contributed by atoms with van der Waals surface area (Å²) < 4.78 is 0. The molecule has 4 heteroatoms. The molecule has 0 heterocycles. The van der Waals surface area contributed by atoms with Gasteiger partial charge in [0.1, 0.15) is 0 Å². The molecular formula is C15H31NO3. The minimum atomic E-state index is -0.508. The lowest BCUT2D eigenvalue weighted by atomic mass is 10.1. The number of hydrogen-bond donors (Lipinski definition) is 3. The Hall–Kier alpha value is -0.610. The number of unbranched alkanes of at least 4 members (excludes halogenated alkanes) is 8. The maximum Gasteiger partial charge on any atom is 0.220 e. The molecule has 0 aromatic carbocycles. The lowest BCUT2D eigenvalue weighted by Gasteiger charge is -2.12. The molecule has 0 aliphatic carbocycles. The molecule has 0 fully saturated rings. The molecule has 0 aromatic rings. The largest absolute Gasteiger partial charge is 0.394 e. The second-order valence-electron chi connectivity index (χ2n) is 5.21.